The van der Waals surface area contributed by atoms with E-state index in [2.05, 4.69) is 16.4 Å². The Hall–Kier alpha value is -1.64. The fourth-order valence-corrected chi connectivity index (χ4v) is 1.04. The first kappa shape index (κ1) is 7.03. The molecule has 0 spiro atoms. The van der Waals surface area contributed by atoms with Crippen LogP contribution in [0, 0.1) is 6.07 Å². The van der Waals surface area contributed by atoms with Gasteiger partial charge in [0.1, 0.15) is 5.69 Å². The van der Waals surface area contributed by atoms with Gasteiger partial charge >= 0.3 is 0 Å². The lowest BCUT2D eigenvalue weighted by atomic mass is 10.2. The highest BCUT2D eigenvalue weighted by Crippen LogP contribution is 2.13. The van der Waals surface area contributed by atoms with E-state index in [4.69, 9.17) is 0 Å². The van der Waals surface area contributed by atoms with Crippen molar-refractivity contribution in [1.29, 1.82) is 0 Å². The van der Waals surface area contributed by atoms with Crippen LogP contribution in [0.5, 0.6) is 0 Å². The average molecular weight is 158 g/mol. The zero-order valence-electron chi connectivity index (χ0n) is 6.73. The van der Waals surface area contributed by atoms with Gasteiger partial charge in [0, 0.05) is 12.6 Å². The fraction of sp³-hybridized carbons (Fsp3) is 0.111. The monoisotopic (exact) mass is 158 g/mol. The van der Waals surface area contributed by atoms with Crippen molar-refractivity contribution in [2.45, 2.75) is 0 Å². The zero-order valence-corrected chi connectivity index (χ0v) is 6.73. The summed E-state index contributed by atoms with van der Waals surface area (Å²) >= 11 is 0. The van der Waals surface area contributed by atoms with Gasteiger partial charge in [0.2, 0.25) is 0 Å². The van der Waals surface area contributed by atoms with Crippen molar-refractivity contribution in [2.24, 2.45) is 7.05 Å². The van der Waals surface area contributed by atoms with Crippen LogP contribution in [-0.4, -0.2) is 15.0 Å². The molecule has 0 aliphatic carbocycles. The van der Waals surface area contributed by atoms with Gasteiger partial charge in [-0.25, -0.2) is 0 Å². The summed E-state index contributed by atoms with van der Waals surface area (Å²) in [7, 11) is 1.85. The summed E-state index contributed by atoms with van der Waals surface area (Å²) in [5.74, 6) is 0. The van der Waals surface area contributed by atoms with E-state index >= 15 is 0 Å². The third-order valence-electron chi connectivity index (χ3n) is 1.62. The number of aryl methyl sites for hydroxylation is 1. The Morgan fingerprint density at radius 3 is 2.67 bits per heavy atom. The minimum absolute atomic E-state index is 0.895. The molecule has 2 aromatic rings. The summed E-state index contributed by atoms with van der Waals surface area (Å²) in [5.41, 5.74) is 1.97. The molecule has 0 bridgehead atoms. The standard InChI is InChI=1S/C9H8N3/c1-12-7-9(10-11-12)8-5-3-2-4-6-8/h3-7H,1H3. The Morgan fingerprint density at radius 2 is 2.08 bits per heavy atom. The van der Waals surface area contributed by atoms with Gasteiger partial charge in [-0.1, -0.05) is 29.5 Å². The van der Waals surface area contributed by atoms with Gasteiger partial charge in [-0.3, -0.25) is 4.68 Å². The van der Waals surface area contributed by atoms with Gasteiger partial charge in [-0.15, -0.1) is 5.10 Å². The minimum atomic E-state index is 0.895. The second kappa shape index (κ2) is 2.77. The maximum absolute atomic E-state index is 3.99. The lowest BCUT2D eigenvalue weighted by Gasteiger charge is -1.91. The molecular weight excluding hydrogens is 150 g/mol. The molecule has 1 radical (unpaired) electrons. The van der Waals surface area contributed by atoms with E-state index in [0.717, 1.165) is 11.3 Å². The predicted octanol–water partition coefficient (Wildman–Crippen LogP) is 1.28. The highest BCUT2D eigenvalue weighted by atomic mass is 15.4. The molecule has 0 amide bonds. The zero-order chi connectivity index (χ0) is 8.39. The molecule has 1 heterocycles. The van der Waals surface area contributed by atoms with E-state index in [1.54, 1.807) is 4.68 Å². The van der Waals surface area contributed by atoms with Gasteiger partial charge in [0.15, 0.2) is 0 Å². The smallest absolute Gasteiger partial charge is 0.113 e. The van der Waals surface area contributed by atoms with Gasteiger partial charge < -0.3 is 0 Å². The molecule has 0 aliphatic rings. The van der Waals surface area contributed by atoms with Gasteiger partial charge in [-0.05, 0) is 6.07 Å². The third kappa shape index (κ3) is 1.21. The largest absolute Gasteiger partial charge is 0.255 e. The molecule has 0 N–H and O–H groups in total. The predicted molar refractivity (Wildman–Crippen MR) is 45.3 cm³/mol. The molecule has 0 aliphatic heterocycles. The van der Waals surface area contributed by atoms with E-state index in [1.165, 1.54) is 0 Å². The van der Waals surface area contributed by atoms with Crippen LogP contribution in [0.3, 0.4) is 0 Å². The van der Waals surface area contributed by atoms with Crippen LogP contribution in [0.4, 0.5) is 0 Å². The van der Waals surface area contributed by atoms with E-state index in [1.807, 2.05) is 37.5 Å². The summed E-state index contributed by atoms with van der Waals surface area (Å²) in [4.78, 5) is 0. The van der Waals surface area contributed by atoms with Crippen LogP contribution >= 0.6 is 0 Å². The summed E-state index contributed by atoms with van der Waals surface area (Å²) in [6.45, 7) is 0. The molecular formula is C9H8N3. The number of benzene rings is 1. The SMILES string of the molecule is Cn1cc(-c2cc[c]cc2)nn1. The second-order valence-electron chi connectivity index (χ2n) is 2.57. The van der Waals surface area contributed by atoms with E-state index in [-0.39, 0.29) is 0 Å². The average Bonchev–Trinajstić information content (AvgIpc) is 2.54. The van der Waals surface area contributed by atoms with Crippen molar-refractivity contribution < 1.29 is 0 Å². The van der Waals surface area contributed by atoms with Crippen molar-refractivity contribution in [3.63, 3.8) is 0 Å². The Bertz CT molecular complexity index is 364. The first-order valence-electron chi connectivity index (χ1n) is 3.69. The molecule has 59 valence electrons. The van der Waals surface area contributed by atoms with Crippen LogP contribution < -0.4 is 0 Å². The summed E-state index contributed by atoms with van der Waals surface area (Å²) in [5, 5.41) is 7.83. The topological polar surface area (TPSA) is 30.7 Å². The van der Waals surface area contributed by atoms with Crippen molar-refractivity contribution in [3.05, 3.63) is 36.5 Å². The van der Waals surface area contributed by atoms with Gasteiger partial charge in [0.25, 0.3) is 0 Å². The molecule has 0 fully saturated rings. The molecule has 12 heavy (non-hydrogen) atoms. The highest BCUT2D eigenvalue weighted by Gasteiger charge is 1.99. The van der Waals surface area contributed by atoms with E-state index in [9.17, 15) is 0 Å². The molecule has 0 saturated heterocycles. The lowest BCUT2D eigenvalue weighted by Crippen LogP contribution is -1.85. The number of rotatable bonds is 1. The van der Waals surface area contributed by atoms with Crippen molar-refractivity contribution in [2.75, 3.05) is 0 Å². The van der Waals surface area contributed by atoms with Crippen LogP contribution in [0.15, 0.2) is 30.5 Å². The maximum Gasteiger partial charge on any atom is 0.113 e. The number of nitrogens with zero attached hydrogens (tertiary/aromatic N) is 3. The van der Waals surface area contributed by atoms with Crippen LogP contribution in [0.1, 0.15) is 0 Å². The molecule has 1 aromatic heterocycles. The molecule has 0 atom stereocenters. The normalized spacial score (nSPS) is 10.1. The number of aromatic nitrogens is 3. The number of hydrogen-bond acceptors (Lipinski definition) is 2. The van der Waals surface area contributed by atoms with Crippen LogP contribution in [0.2, 0.25) is 0 Å². The molecule has 0 unspecified atom stereocenters. The molecule has 1 aromatic carbocycles. The summed E-state index contributed by atoms with van der Waals surface area (Å²) < 4.78 is 1.69. The van der Waals surface area contributed by atoms with Crippen LogP contribution in [0.25, 0.3) is 11.3 Å². The van der Waals surface area contributed by atoms with Gasteiger partial charge in [0.05, 0.1) is 6.20 Å². The first-order chi connectivity index (χ1) is 5.86. The number of hydrogen-bond donors (Lipinski definition) is 0. The van der Waals surface area contributed by atoms with Crippen molar-refractivity contribution >= 4 is 0 Å². The summed E-state index contributed by atoms with van der Waals surface area (Å²) in [6.07, 6.45) is 1.88. The van der Waals surface area contributed by atoms with Crippen molar-refractivity contribution in [3.8, 4) is 11.3 Å². The quantitative estimate of drug-likeness (QED) is 0.626. The van der Waals surface area contributed by atoms with Crippen LogP contribution in [-0.2, 0) is 7.05 Å². The Morgan fingerprint density at radius 1 is 1.33 bits per heavy atom. The highest BCUT2D eigenvalue weighted by molar-refractivity contribution is 5.56. The summed E-state index contributed by atoms with van der Waals surface area (Å²) in [6, 6.07) is 10.6. The third-order valence-corrected chi connectivity index (χ3v) is 1.62. The van der Waals surface area contributed by atoms with E-state index in [0.29, 0.717) is 0 Å². The van der Waals surface area contributed by atoms with Gasteiger partial charge in [-0.2, -0.15) is 0 Å². The Kier molecular flexibility index (Phi) is 1.63. The second-order valence-corrected chi connectivity index (χ2v) is 2.57. The Balaban J connectivity index is 2.45. The lowest BCUT2D eigenvalue weighted by molar-refractivity contribution is 0.715. The molecule has 2 rings (SSSR count). The minimum Gasteiger partial charge on any atom is -0.255 e. The molecule has 3 heteroatoms. The fourth-order valence-electron chi connectivity index (χ4n) is 1.04. The maximum atomic E-state index is 3.99. The molecule has 3 nitrogen and oxygen atoms in total. The van der Waals surface area contributed by atoms with Crippen molar-refractivity contribution in [1.82, 2.24) is 15.0 Å². The first-order valence-corrected chi connectivity index (χ1v) is 3.69. The molecule has 0 saturated carbocycles. The Labute approximate surface area is 70.6 Å². The van der Waals surface area contributed by atoms with E-state index < -0.39 is 0 Å².